The first-order valence-electron chi connectivity index (χ1n) is 7.23. The molecule has 0 spiro atoms. The fraction of sp³-hybridized carbons (Fsp3) is 0.222. The number of Topliss-reactive ketones (excluding diaryl/α,β-unsaturated/α-hetero) is 1. The first kappa shape index (κ1) is 14.4. The summed E-state index contributed by atoms with van der Waals surface area (Å²) >= 11 is 0. The molecule has 2 aromatic carbocycles. The van der Waals surface area contributed by atoms with E-state index in [9.17, 15) is 14.0 Å². The van der Waals surface area contributed by atoms with Crippen LogP contribution in [0.3, 0.4) is 0 Å². The third kappa shape index (κ3) is 2.77. The summed E-state index contributed by atoms with van der Waals surface area (Å²) in [6, 6.07) is 11.5. The molecule has 0 atom stereocenters. The van der Waals surface area contributed by atoms with Gasteiger partial charge >= 0.3 is 0 Å². The largest absolute Gasteiger partial charge is 0.311 e. The van der Waals surface area contributed by atoms with E-state index in [2.05, 4.69) is 0 Å². The van der Waals surface area contributed by atoms with E-state index in [0.29, 0.717) is 24.2 Å². The van der Waals surface area contributed by atoms with Crippen molar-refractivity contribution in [2.24, 2.45) is 0 Å². The molecule has 1 amide bonds. The van der Waals surface area contributed by atoms with Crippen LogP contribution >= 0.6 is 0 Å². The SMILES string of the molecule is Cc1ccc2c(c1)C(=O)CCN2C(=O)Cc1ccc(F)cc1. The number of carbonyl (C=O) groups is 2. The predicted octanol–water partition coefficient (Wildman–Crippen LogP) is 3.30. The number of halogens is 1. The van der Waals surface area contributed by atoms with Gasteiger partial charge in [0.05, 0.1) is 12.1 Å². The molecule has 0 N–H and O–H groups in total. The molecule has 112 valence electrons. The van der Waals surface area contributed by atoms with Crippen LogP contribution in [-0.4, -0.2) is 18.2 Å². The minimum Gasteiger partial charge on any atom is -0.311 e. The molecule has 1 aliphatic heterocycles. The van der Waals surface area contributed by atoms with E-state index in [-0.39, 0.29) is 23.9 Å². The summed E-state index contributed by atoms with van der Waals surface area (Å²) in [4.78, 5) is 26.2. The van der Waals surface area contributed by atoms with Crippen molar-refractivity contribution in [3.63, 3.8) is 0 Å². The summed E-state index contributed by atoms with van der Waals surface area (Å²) < 4.78 is 12.9. The molecule has 3 rings (SSSR count). The normalized spacial score (nSPS) is 13.9. The Balaban J connectivity index is 1.86. The summed E-state index contributed by atoms with van der Waals surface area (Å²) in [5.41, 5.74) is 3.05. The van der Waals surface area contributed by atoms with E-state index < -0.39 is 0 Å². The van der Waals surface area contributed by atoms with Crippen molar-refractivity contribution in [2.75, 3.05) is 11.4 Å². The number of anilines is 1. The van der Waals surface area contributed by atoms with Crippen molar-refractivity contribution in [2.45, 2.75) is 19.8 Å². The quantitative estimate of drug-likeness (QED) is 0.853. The van der Waals surface area contributed by atoms with E-state index >= 15 is 0 Å². The lowest BCUT2D eigenvalue weighted by molar-refractivity contribution is -0.118. The molecule has 0 fully saturated rings. The second-order valence-corrected chi connectivity index (χ2v) is 5.54. The van der Waals surface area contributed by atoms with Crippen LogP contribution in [0, 0.1) is 12.7 Å². The summed E-state index contributed by atoms with van der Waals surface area (Å²) in [6.07, 6.45) is 0.535. The van der Waals surface area contributed by atoms with Gasteiger partial charge in [0.2, 0.25) is 5.91 Å². The molecule has 0 radical (unpaired) electrons. The molecule has 0 saturated carbocycles. The molecule has 22 heavy (non-hydrogen) atoms. The van der Waals surface area contributed by atoms with Crippen molar-refractivity contribution in [1.29, 1.82) is 0 Å². The van der Waals surface area contributed by atoms with E-state index in [1.807, 2.05) is 25.1 Å². The van der Waals surface area contributed by atoms with Crippen LogP contribution in [-0.2, 0) is 11.2 Å². The molecule has 0 bridgehead atoms. The number of carbonyl (C=O) groups excluding carboxylic acids is 2. The number of amides is 1. The minimum atomic E-state index is -0.319. The number of aryl methyl sites for hydroxylation is 1. The minimum absolute atomic E-state index is 0.0736. The van der Waals surface area contributed by atoms with Crippen LogP contribution in [0.2, 0.25) is 0 Å². The topological polar surface area (TPSA) is 37.4 Å². The van der Waals surface area contributed by atoms with Crippen LogP contribution < -0.4 is 4.90 Å². The van der Waals surface area contributed by atoms with Gasteiger partial charge in [0.25, 0.3) is 0 Å². The Bertz CT molecular complexity index is 737. The maximum absolute atomic E-state index is 12.9. The molecule has 1 aliphatic rings. The molecule has 0 unspecified atom stereocenters. The Hall–Kier alpha value is -2.49. The molecule has 3 nitrogen and oxygen atoms in total. The number of hydrogen-bond acceptors (Lipinski definition) is 2. The highest BCUT2D eigenvalue weighted by molar-refractivity contribution is 6.09. The van der Waals surface area contributed by atoms with Crippen molar-refractivity contribution < 1.29 is 14.0 Å². The maximum atomic E-state index is 12.9. The van der Waals surface area contributed by atoms with Crippen LogP contribution in [0.4, 0.5) is 10.1 Å². The van der Waals surface area contributed by atoms with Crippen LogP contribution in [0.25, 0.3) is 0 Å². The molecular weight excluding hydrogens is 281 g/mol. The van der Waals surface area contributed by atoms with Gasteiger partial charge in [0.1, 0.15) is 5.82 Å². The van der Waals surface area contributed by atoms with E-state index in [1.54, 1.807) is 17.0 Å². The monoisotopic (exact) mass is 297 g/mol. The van der Waals surface area contributed by atoms with Gasteiger partial charge in [0, 0.05) is 18.5 Å². The molecule has 0 saturated heterocycles. The van der Waals surface area contributed by atoms with Crippen molar-refractivity contribution >= 4 is 17.4 Å². The third-order valence-electron chi connectivity index (χ3n) is 3.88. The van der Waals surface area contributed by atoms with Crippen molar-refractivity contribution in [3.8, 4) is 0 Å². The van der Waals surface area contributed by atoms with Crippen molar-refractivity contribution in [3.05, 3.63) is 65.0 Å². The predicted molar refractivity (Wildman–Crippen MR) is 82.6 cm³/mol. The molecule has 1 heterocycles. The average molecular weight is 297 g/mol. The van der Waals surface area contributed by atoms with Gasteiger partial charge in [-0.1, -0.05) is 23.8 Å². The number of hydrogen-bond donors (Lipinski definition) is 0. The van der Waals surface area contributed by atoms with Gasteiger partial charge in [-0.25, -0.2) is 4.39 Å². The number of nitrogens with zero attached hydrogens (tertiary/aromatic N) is 1. The second kappa shape index (κ2) is 5.72. The molecule has 2 aromatic rings. The van der Waals surface area contributed by atoms with E-state index in [1.165, 1.54) is 12.1 Å². The first-order chi connectivity index (χ1) is 10.5. The lowest BCUT2D eigenvalue weighted by Crippen LogP contribution is -2.38. The standard InChI is InChI=1S/C18H16FNO2/c1-12-2-7-16-15(10-12)17(21)8-9-20(16)18(22)11-13-3-5-14(19)6-4-13/h2-7,10H,8-9,11H2,1H3. The Kier molecular flexibility index (Phi) is 3.75. The zero-order chi connectivity index (χ0) is 15.7. The molecule has 0 aromatic heterocycles. The number of fused-ring (bicyclic) bond motifs is 1. The molecule has 0 aliphatic carbocycles. The molecular formula is C18H16FNO2. The fourth-order valence-electron chi connectivity index (χ4n) is 2.71. The highest BCUT2D eigenvalue weighted by Gasteiger charge is 2.27. The third-order valence-corrected chi connectivity index (χ3v) is 3.88. The van der Waals surface area contributed by atoms with Gasteiger partial charge in [-0.2, -0.15) is 0 Å². The second-order valence-electron chi connectivity index (χ2n) is 5.54. The van der Waals surface area contributed by atoms with Gasteiger partial charge in [0.15, 0.2) is 5.78 Å². The zero-order valence-corrected chi connectivity index (χ0v) is 12.3. The lowest BCUT2D eigenvalue weighted by Gasteiger charge is -2.29. The van der Waals surface area contributed by atoms with Crippen LogP contribution in [0.15, 0.2) is 42.5 Å². The van der Waals surface area contributed by atoms with Gasteiger partial charge in [-0.15, -0.1) is 0 Å². The van der Waals surface area contributed by atoms with E-state index in [4.69, 9.17) is 0 Å². The fourth-order valence-corrected chi connectivity index (χ4v) is 2.71. The number of rotatable bonds is 2. The average Bonchev–Trinajstić information content (AvgIpc) is 2.50. The van der Waals surface area contributed by atoms with Crippen LogP contribution in [0.5, 0.6) is 0 Å². The Labute approximate surface area is 128 Å². The zero-order valence-electron chi connectivity index (χ0n) is 12.3. The smallest absolute Gasteiger partial charge is 0.231 e. The van der Waals surface area contributed by atoms with Crippen LogP contribution in [0.1, 0.15) is 27.9 Å². The van der Waals surface area contributed by atoms with Crippen molar-refractivity contribution in [1.82, 2.24) is 0 Å². The summed E-state index contributed by atoms with van der Waals surface area (Å²) in [7, 11) is 0. The first-order valence-corrected chi connectivity index (χ1v) is 7.23. The van der Waals surface area contributed by atoms with E-state index in [0.717, 1.165) is 11.1 Å². The number of benzene rings is 2. The maximum Gasteiger partial charge on any atom is 0.231 e. The lowest BCUT2D eigenvalue weighted by atomic mass is 9.97. The molecule has 4 heteroatoms. The Morgan fingerprint density at radius 1 is 1.18 bits per heavy atom. The van der Waals surface area contributed by atoms with Gasteiger partial charge < -0.3 is 4.90 Å². The summed E-state index contributed by atoms with van der Waals surface area (Å²) in [5.74, 6) is -0.325. The summed E-state index contributed by atoms with van der Waals surface area (Å²) in [6.45, 7) is 2.32. The highest BCUT2D eigenvalue weighted by Crippen LogP contribution is 2.28. The van der Waals surface area contributed by atoms with Gasteiger partial charge in [-0.05, 0) is 36.8 Å². The number of ketones is 1. The van der Waals surface area contributed by atoms with Gasteiger partial charge in [-0.3, -0.25) is 9.59 Å². The Morgan fingerprint density at radius 2 is 1.91 bits per heavy atom. The summed E-state index contributed by atoms with van der Waals surface area (Å²) in [5, 5.41) is 0. The Morgan fingerprint density at radius 3 is 2.64 bits per heavy atom. The highest BCUT2D eigenvalue weighted by atomic mass is 19.1.